The lowest BCUT2D eigenvalue weighted by Gasteiger charge is -2.08. The van der Waals surface area contributed by atoms with E-state index in [9.17, 15) is 13.6 Å². The molecule has 0 fully saturated rings. The molecule has 0 saturated carbocycles. The minimum absolute atomic E-state index is 0.296. The van der Waals surface area contributed by atoms with Gasteiger partial charge >= 0.3 is 0 Å². The third-order valence-electron chi connectivity index (χ3n) is 2.58. The van der Waals surface area contributed by atoms with E-state index in [-0.39, 0.29) is 5.56 Å². The lowest BCUT2D eigenvalue weighted by Crippen LogP contribution is -2.14. The van der Waals surface area contributed by atoms with E-state index in [1.54, 1.807) is 12.1 Å². The van der Waals surface area contributed by atoms with Gasteiger partial charge in [0.05, 0.1) is 17.7 Å². The molecule has 0 bridgehead atoms. The van der Waals surface area contributed by atoms with Crippen LogP contribution in [0.5, 0.6) is 5.75 Å². The number of benzene rings is 2. The first-order valence-electron chi connectivity index (χ1n) is 5.61. The van der Waals surface area contributed by atoms with Crippen LogP contribution in [0.2, 0.25) is 5.02 Å². The highest BCUT2D eigenvalue weighted by atomic mass is 35.5. The molecule has 0 unspecified atom stereocenters. The molecule has 0 atom stereocenters. The third-order valence-corrected chi connectivity index (χ3v) is 2.88. The van der Waals surface area contributed by atoms with Gasteiger partial charge in [-0.2, -0.15) is 0 Å². The summed E-state index contributed by atoms with van der Waals surface area (Å²) in [6, 6.07) is 7.21. The van der Waals surface area contributed by atoms with Crippen LogP contribution in [-0.2, 0) is 0 Å². The van der Waals surface area contributed by atoms with Crippen molar-refractivity contribution in [3.8, 4) is 5.75 Å². The maximum absolute atomic E-state index is 13.4. The number of hydrogen-bond acceptors (Lipinski definition) is 2. The number of halogens is 3. The Kier molecular flexibility index (Phi) is 4.20. The van der Waals surface area contributed by atoms with Crippen LogP contribution in [0.1, 0.15) is 10.4 Å². The van der Waals surface area contributed by atoms with Gasteiger partial charge in [-0.1, -0.05) is 11.6 Å². The summed E-state index contributed by atoms with van der Waals surface area (Å²) in [5.41, 5.74) is -0.0265. The zero-order valence-electron chi connectivity index (χ0n) is 10.4. The average Bonchev–Trinajstić information content (AvgIpc) is 2.41. The number of amides is 1. The predicted molar refractivity (Wildman–Crippen MR) is 72.3 cm³/mol. The van der Waals surface area contributed by atoms with Crippen molar-refractivity contribution in [1.29, 1.82) is 0 Å². The number of hydrogen-bond donors (Lipinski definition) is 1. The zero-order valence-corrected chi connectivity index (χ0v) is 11.2. The van der Waals surface area contributed by atoms with Crippen molar-refractivity contribution in [1.82, 2.24) is 0 Å². The molecular formula is C14H10ClF2NO2. The lowest BCUT2D eigenvalue weighted by molar-refractivity contribution is 0.102. The molecule has 3 nitrogen and oxygen atoms in total. The molecule has 0 aliphatic heterocycles. The molecule has 0 aromatic heterocycles. The molecule has 1 amide bonds. The Balaban J connectivity index is 2.23. The van der Waals surface area contributed by atoms with Crippen molar-refractivity contribution >= 4 is 23.2 Å². The fraction of sp³-hybridized carbons (Fsp3) is 0.0714. The molecule has 0 heterocycles. The highest BCUT2D eigenvalue weighted by Gasteiger charge is 2.13. The van der Waals surface area contributed by atoms with Crippen LogP contribution >= 0.6 is 11.6 Å². The highest BCUT2D eigenvalue weighted by Crippen LogP contribution is 2.27. The number of nitrogens with one attached hydrogen (secondary N) is 1. The maximum atomic E-state index is 13.4. The van der Waals surface area contributed by atoms with E-state index in [0.29, 0.717) is 16.5 Å². The fourth-order valence-corrected chi connectivity index (χ4v) is 1.87. The largest absolute Gasteiger partial charge is 0.495 e. The summed E-state index contributed by atoms with van der Waals surface area (Å²) >= 11 is 5.91. The van der Waals surface area contributed by atoms with Crippen LogP contribution < -0.4 is 10.1 Å². The topological polar surface area (TPSA) is 38.3 Å². The summed E-state index contributed by atoms with van der Waals surface area (Å²) in [5.74, 6) is -1.81. The van der Waals surface area contributed by atoms with Gasteiger partial charge in [0.1, 0.15) is 17.4 Å². The molecule has 0 saturated heterocycles. The number of carbonyl (C=O) groups is 1. The minimum Gasteiger partial charge on any atom is -0.495 e. The predicted octanol–water partition coefficient (Wildman–Crippen LogP) is 3.88. The van der Waals surface area contributed by atoms with Gasteiger partial charge in [-0.05, 0) is 36.4 Å². The molecule has 2 aromatic rings. The molecule has 20 heavy (non-hydrogen) atoms. The molecule has 1 N–H and O–H groups in total. The van der Waals surface area contributed by atoms with Crippen molar-refractivity contribution in [2.75, 3.05) is 12.4 Å². The molecular weight excluding hydrogens is 288 g/mol. The second kappa shape index (κ2) is 5.88. The van der Waals surface area contributed by atoms with Crippen molar-refractivity contribution in [2.45, 2.75) is 0 Å². The Morgan fingerprint density at radius 3 is 2.60 bits per heavy atom. The summed E-state index contributed by atoms with van der Waals surface area (Å²) in [5, 5.41) is 2.73. The first-order chi connectivity index (χ1) is 9.51. The van der Waals surface area contributed by atoms with Crippen molar-refractivity contribution in [3.05, 3.63) is 58.6 Å². The van der Waals surface area contributed by atoms with Crippen LogP contribution in [0.15, 0.2) is 36.4 Å². The van der Waals surface area contributed by atoms with Gasteiger partial charge in [0.15, 0.2) is 0 Å². The molecule has 0 radical (unpaired) electrons. The Morgan fingerprint density at radius 2 is 1.95 bits per heavy atom. The van der Waals surface area contributed by atoms with Crippen LogP contribution in [0.25, 0.3) is 0 Å². The molecule has 6 heteroatoms. The lowest BCUT2D eigenvalue weighted by atomic mass is 10.2. The van der Waals surface area contributed by atoms with Crippen LogP contribution in [0, 0.1) is 11.6 Å². The van der Waals surface area contributed by atoms with Gasteiger partial charge < -0.3 is 10.1 Å². The zero-order chi connectivity index (χ0) is 14.7. The minimum atomic E-state index is -0.802. The van der Waals surface area contributed by atoms with E-state index in [4.69, 9.17) is 16.3 Å². The number of rotatable bonds is 3. The van der Waals surface area contributed by atoms with Crippen LogP contribution in [0.3, 0.4) is 0 Å². The molecule has 0 aliphatic carbocycles. The van der Waals surface area contributed by atoms with Gasteiger partial charge in [0, 0.05) is 5.69 Å². The van der Waals surface area contributed by atoms with E-state index < -0.39 is 17.5 Å². The highest BCUT2D eigenvalue weighted by molar-refractivity contribution is 6.32. The van der Waals surface area contributed by atoms with E-state index in [0.717, 1.165) is 18.2 Å². The summed E-state index contributed by atoms with van der Waals surface area (Å²) in [6.45, 7) is 0. The quantitative estimate of drug-likeness (QED) is 0.933. The second-order valence-corrected chi connectivity index (χ2v) is 4.33. The van der Waals surface area contributed by atoms with E-state index >= 15 is 0 Å². The van der Waals surface area contributed by atoms with E-state index in [2.05, 4.69) is 5.32 Å². The normalized spacial score (nSPS) is 10.2. The summed E-state index contributed by atoms with van der Waals surface area (Å²) in [7, 11) is 1.46. The smallest absolute Gasteiger partial charge is 0.258 e. The summed E-state index contributed by atoms with van der Waals surface area (Å²) < 4.78 is 31.4. The number of methoxy groups -OCH3 is 1. The van der Waals surface area contributed by atoms with Gasteiger partial charge in [-0.3, -0.25) is 4.79 Å². The fourth-order valence-electron chi connectivity index (χ4n) is 1.61. The van der Waals surface area contributed by atoms with Crippen LogP contribution in [0.4, 0.5) is 14.5 Å². The number of carbonyl (C=O) groups excluding carboxylic acids is 1. The summed E-state index contributed by atoms with van der Waals surface area (Å²) in [4.78, 5) is 11.9. The molecule has 2 aromatic carbocycles. The second-order valence-electron chi connectivity index (χ2n) is 3.93. The third kappa shape index (κ3) is 3.05. The number of ether oxygens (including phenoxy) is 1. The van der Waals surface area contributed by atoms with Gasteiger partial charge in [-0.15, -0.1) is 0 Å². The Hall–Kier alpha value is -2.14. The van der Waals surface area contributed by atoms with Gasteiger partial charge in [-0.25, -0.2) is 8.78 Å². The Bertz CT molecular complexity index is 662. The van der Waals surface area contributed by atoms with Crippen molar-refractivity contribution < 1.29 is 18.3 Å². The molecule has 0 spiro atoms. The van der Waals surface area contributed by atoms with Gasteiger partial charge in [0.2, 0.25) is 0 Å². The number of anilines is 1. The first kappa shape index (κ1) is 14.3. The van der Waals surface area contributed by atoms with Crippen molar-refractivity contribution in [3.63, 3.8) is 0 Å². The SMILES string of the molecule is COc1ccc(NC(=O)c2cc(F)ccc2F)cc1Cl. The monoisotopic (exact) mass is 297 g/mol. The summed E-state index contributed by atoms with van der Waals surface area (Å²) in [6.07, 6.45) is 0. The standard InChI is InChI=1S/C14H10ClF2NO2/c1-20-13-5-3-9(7-11(13)15)18-14(19)10-6-8(16)2-4-12(10)17/h2-7H,1H3,(H,18,19). The van der Waals surface area contributed by atoms with E-state index in [1.807, 2.05) is 0 Å². The molecule has 104 valence electrons. The maximum Gasteiger partial charge on any atom is 0.258 e. The van der Waals surface area contributed by atoms with Gasteiger partial charge in [0.25, 0.3) is 5.91 Å². The molecule has 0 aliphatic rings. The molecule has 2 rings (SSSR count). The Morgan fingerprint density at radius 1 is 1.20 bits per heavy atom. The van der Waals surface area contributed by atoms with Crippen molar-refractivity contribution in [2.24, 2.45) is 0 Å². The first-order valence-corrected chi connectivity index (χ1v) is 5.99. The van der Waals surface area contributed by atoms with E-state index in [1.165, 1.54) is 13.2 Å². The average molecular weight is 298 g/mol. The van der Waals surface area contributed by atoms with Crippen LogP contribution in [-0.4, -0.2) is 13.0 Å². The Labute approximate surface area is 119 Å².